The number of nitrogens with zero attached hydrogens (tertiary/aromatic N) is 5. The van der Waals surface area contributed by atoms with Crippen molar-refractivity contribution in [1.29, 1.82) is 0 Å². The average Bonchev–Trinajstić information content (AvgIpc) is 2.91. The van der Waals surface area contributed by atoms with Crippen LogP contribution >= 0.6 is 0 Å². The van der Waals surface area contributed by atoms with E-state index >= 15 is 0 Å². The zero-order chi connectivity index (χ0) is 28.2. The maximum atomic E-state index is 12.8. The van der Waals surface area contributed by atoms with Crippen molar-refractivity contribution in [3.8, 4) is 5.69 Å². The molecule has 2 aromatic rings. The number of benzene rings is 1. The lowest BCUT2D eigenvalue weighted by molar-refractivity contribution is -0.137. The van der Waals surface area contributed by atoms with E-state index in [0.717, 1.165) is 25.9 Å². The van der Waals surface area contributed by atoms with E-state index in [4.69, 9.17) is 11.5 Å². The molecule has 5 N–H and O–H groups in total. The molecule has 1 aliphatic carbocycles. The first-order valence-corrected chi connectivity index (χ1v) is 13.9. The molecule has 0 radical (unpaired) electrons. The number of anilines is 1. The number of rotatable bonds is 7. The van der Waals surface area contributed by atoms with Gasteiger partial charge in [-0.2, -0.15) is 4.98 Å². The highest BCUT2D eigenvalue weighted by atomic mass is 16.2. The zero-order valence-corrected chi connectivity index (χ0v) is 23.3. The van der Waals surface area contributed by atoms with E-state index in [1.54, 1.807) is 35.9 Å². The molecule has 1 aromatic carbocycles. The largest absolute Gasteiger partial charge is 0.354 e. The molecule has 0 bridgehead atoms. The van der Waals surface area contributed by atoms with Crippen LogP contribution in [0.5, 0.6) is 0 Å². The Morgan fingerprint density at radius 3 is 2.33 bits per heavy atom. The van der Waals surface area contributed by atoms with Crippen molar-refractivity contribution in [2.75, 3.05) is 38.0 Å². The van der Waals surface area contributed by atoms with Gasteiger partial charge in [0.15, 0.2) is 0 Å². The minimum Gasteiger partial charge on any atom is -0.338 e. The third-order valence-corrected chi connectivity index (χ3v) is 7.65. The molecule has 0 spiro atoms. The van der Waals surface area contributed by atoms with Gasteiger partial charge in [0.25, 0.3) is 0 Å². The van der Waals surface area contributed by atoms with Crippen LogP contribution in [-0.4, -0.2) is 86.5 Å². The fraction of sp³-hybridized carbons (Fsp3) is 0.571. The summed E-state index contributed by atoms with van der Waals surface area (Å²) in [6.07, 6.45) is 6.13. The molecule has 1 saturated heterocycles. The minimum absolute atomic E-state index is 0.141. The van der Waals surface area contributed by atoms with Gasteiger partial charge in [-0.3, -0.25) is 19.6 Å². The van der Waals surface area contributed by atoms with Crippen LogP contribution in [-0.2, 0) is 11.3 Å². The van der Waals surface area contributed by atoms with E-state index in [1.165, 1.54) is 23.0 Å². The fourth-order valence-corrected chi connectivity index (χ4v) is 5.41. The van der Waals surface area contributed by atoms with Gasteiger partial charge >= 0.3 is 11.7 Å². The van der Waals surface area contributed by atoms with E-state index in [-0.39, 0.29) is 23.8 Å². The van der Waals surface area contributed by atoms with Crippen LogP contribution in [0.4, 0.5) is 10.6 Å². The Morgan fingerprint density at radius 2 is 1.74 bits per heavy atom. The van der Waals surface area contributed by atoms with E-state index in [2.05, 4.69) is 22.1 Å². The Bertz CT molecular complexity index is 1200. The summed E-state index contributed by atoms with van der Waals surface area (Å²) in [5, 5.41) is 2.70. The minimum atomic E-state index is -0.946. The number of urea groups is 1. The molecule has 2 aliphatic rings. The second-order valence-corrected chi connectivity index (χ2v) is 11.2. The van der Waals surface area contributed by atoms with Crippen LogP contribution in [0.1, 0.15) is 52.0 Å². The molecular formula is C28H42N8O3. The first kappa shape index (κ1) is 28.7. The van der Waals surface area contributed by atoms with Crippen molar-refractivity contribution in [3.05, 3.63) is 52.6 Å². The van der Waals surface area contributed by atoms with Crippen molar-refractivity contribution in [2.24, 2.45) is 11.5 Å². The summed E-state index contributed by atoms with van der Waals surface area (Å²) in [7, 11) is 0. The Morgan fingerprint density at radius 1 is 1.08 bits per heavy atom. The molecule has 1 aliphatic heterocycles. The van der Waals surface area contributed by atoms with Gasteiger partial charge in [0.1, 0.15) is 5.82 Å². The summed E-state index contributed by atoms with van der Waals surface area (Å²) in [4.78, 5) is 47.6. The summed E-state index contributed by atoms with van der Waals surface area (Å²) in [6.45, 7) is 8.90. The summed E-state index contributed by atoms with van der Waals surface area (Å²) in [6, 6.07) is 9.96. The number of nitrogens with one attached hydrogen (secondary N) is 1. The number of piperazine rings is 1. The molecule has 4 rings (SSSR count). The average molecular weight is 539 g/mol. The fourth-order valence-electron chi connectivity index (χ4n) is 5.41. The lowest BCUT2D eigenvalue weighted by Gasteiger charge is -2.37. The first-order valence-electron chi connectivity index (χ1n) is 13.9. The van der Waals surface area contributed by atoms with Gasteiger partial charge in [0.2, 0.25) is 5.91 Å². The van der Waals surface area contributed by atoms with Gasteiger partial charge < -0.3 is 21.3 Å². The van der Waals surface area contributed by atoms with Crippen molar-refractivity contribution < 1.29 is 9.59 Å². The molecule has 11 nitrogen and oxygen atoms in total. The van der Waals surface area contributed by atoms with E-state index in [1.807, 2.05) is 24.3 Å². The molecular weight excluding hydrogens is 496 g/mol. The standard InChI is InChI=1S/C28H42N8O3/c1-4-33(23-7-5-6-21(29)18-23)19-20-8-10-22(11-9-20)36-13-12-24(32-27(36)39)31-26(38)35-16-14-34(15-17-35)25(37)28(2,3)30/h8-13,21,23H,4-7,14-19,29-30H2,1-3H3,(H,31,32,38,39)/t21-,23?/m1/s1. The molecule has 2 fully saturated rings. The molecule has 3 amide bonds. The molecule has 1 saturated carbocycles. The van der Waals surface area contributed by atoms with Crippen LogP contribution < -0.4 is 22.5 Å². The quantitative estimate of drug-likeness (QED) is 0.487. The highest BCUT2D eigenvalue weighted by Crippen LogP contribution is 2.24. The predicted octanol–water partition coefficient (Wildman–Crippen LogP) is 1.74. The summed E-state index contributed by atoms with van der Waals surface area (Å²) < 4.78 is 1.45. The monoisotopic (exact) mass is 538 g/mol. The van der Waals surface area contributed by atoms with E-state index < -0.39 is 11.2 Å². The Balaban J connectivity index is 1.34. The van der Waals surface area contributed by atoms with Crippen LogP contribution in [0.25, 0.3) is 5.69 Å². The van der Waals surface area contributed by atoms with Gasteiger partial charge in [0.05, 0.1) is 11.2 Å². The van der Waals surface area contributed by atoms with E-state index in [9.17, 15) is 14.4 Å². The van der Waals surface area contributed by atoms with Crippen LogP contribution in [0.15, 0.2) is 41.3 Å². The summed E-state index contributed by atoms with van der Waals surface area (Å²) in [5.41, 5.74) is 12.6. The maximum absolute atomic E-state index is 12.8. The predicted molar refractivity (Wildman–Crippen MR) is 152 cm³/mol. The molecule has 1 unspecified atom stereocenters. The third kappa shape index (κ3) is 7.23. The van der Waals surface area contributed by atoms with Crippen LogP contribution in [0.2, 0.25) is 0 Å². The summed E-state index contributed by atoms with van der Waals surface area (Å²) >= 11 is 0. The highest BCUT2D eigenvalue weighted by molar-refractivity contribution is 5.89. The lowest BCUT2D eigenvalue weighted by atomic mass is 9.90. The van der Waals surface area contributed by atoms with Crippen molar-refractivity contribution >= 4 is 17.8 Å². The zero-order valence-electron chi connectivity index (χ0n) is 23.3. The van der Waals surface area contributed by atoms with Gasteiger partial charge in [-0.15, -0.1) is 0 Å². The lowest BCUT2D eigenvalue weighted by Crippen LogP contribution is -2.58. The van der Waals surface area contributed by atoms with Crippen LogP contribution in [0.3, 0.4) is 0 Å². The third-order valence-electron chi connectivity index (χ3n) is 7.65. The van der Waals surface area contributed by atoms with Crippen molar-refractivity contribution in [3.63, 3.8) is 0 Å². The second-order valence-electron chi connectivity index (χ2n) is 11.2. The van der Waals surface area contributed by atoms with Crippen LogP contribution in [0, 0.1) is 0 Å². The van der Waals surface area contributed by atoms with E-state index in [0.29, 0.717) is 37.9 Å². The molecule has 212 valence electrons. The van der Waals surface area contributed by atoms with Crippen molar-refractivity contribution in [1.82, 2.24) is 24.3 Å². The first-order chi connectivity index (χ1) is 18.5. The molecule has 2 atom stereocenters. The Kier molecular flexibility index (Phi) is 9.04. The number of carbonyl (C=O) groups excluding carboxylic acids is 2. The number of hydrogen-bond acceptors (Lipinski definition) is 7. The number of nitrogens with two attached hydrogens (primary N) is 2. The SMILES string of the molecule is CCN(Cc1ccc(-n2ccc(NC(=O)N3CCN(C(=O)C(C)(C)N)CC3)nc2=O)cc1)C1CCC[C@@H](N)C1. The summed E-state index contributed by atoms with van der Waals surface area (Å²) in [5.74, 6) is 0.0428. The van der Waals surface area contributed by atoms with Crippen molar-refractivity contribution in [2.45, 2.75) is 70.6 Å². The van der Waals surface area contributed by atoms with Gasteiger partial charge in [-0.05, 0) is 63.4 Å². The Hall–Kier alpha value is -3.28. The van der Waals surface area contributed by atoms with Gasteiger partial charge in [-0.25, -0.2) is 9.59 Å². The molecule has 1 aromatic heterocycles. The molecule has 39 heavy (non-hydrogen) atoms. The number of carbonyl (C=O) groups is 2. The highest BCUT2D eigenvalue weighted by Gasteiger charge is 2.31. The maximum Gasteiger partial charge on any atom is 0.354 e. The smallest absolute Gasteiger partial charge is 0.338 e. The Labute approximate surface area is 230 Å². The number of amides is 3. The normalized spacial score (nSPS) is 20.3. The van der Waals surface area contributed by atoms with Gasteiger partial charge in [-0.1, -0.05) is 25.5 Å². The molecule has 11 heteroatoms. The topological polar surface area (TPSA) is 143 Å². The second kappa shape index (κ2) is 12.3. The number of aromatic nitrogens is 2. The number of hydrogen-bond donors (Lipinski definition) is 3. The molecule has 2 heterocycles. The van der Waals surface area contributed by atoms with Gasteiger partial charge in [0, 0.05) is 51.0 Å².